The van der Waals surface area contributed by atoms with Gasteiger partial charge in [0.15, 0.2) is 0 Å². The van der Waals surface area contributed by atoms with Gasteiger partial charge in [0.1, 0.15) is 11.5 Å². The van der Waals surface area contributed by atoms with E-state index in [0.29, 0.717) is 12.0 Å². The maximum Gasteiger partial charge on any atom is 0.118 e. The molecule has 0 spiro atoms. The van der Waals surface area contributed by atoms with E-state index < -0.39 is 0 Å². The van der Waals surface area contributed by atoms with Crippen LogP contribution in [0.3, 0.4) is 0 Å². The minimum atomic E-state index is 0.559. The Morgan fingerprint density at radius 2 is 2.29 bits per heavy atom. The monoisotopic (exact) mass is 234 g/mol. The Bertz CT molecular complexity index is 387. The first-order chi connectivity index (χ1) is 8.28. The lowest BCUT2D eigenvalue weighted by Crippen LogP contribution is -2.34. The van der Waals surface area contributed by atoms with Crippen molar-refractivity contribution in [3.63, 3.8) is 0 Å². The van der Waals surface area contributed by atoms with E-state index in [2.05, 4.69) is 24.0 Å². The van der Waals surface area contributed by atoms with Crippen molar-refractivity contribution in [1.82, 2.24) is 4.90 Å². The van der Waals surface area contributed by atoms with Gasteiger partial charge >= 0.3 is 0 Å². The summed E-state index contributed by atoms with van der Waals surface area (Å²) in [6, 6.07) is 4.87. The molecule has 3 nitrogen and oxygen atoms in total. The lowest BCUT2D eigenvalue weighted by molar-refractivity contribution is 0.228. The Morgan fingerprint density at radius 3 is 3.00 bits per heavy atom. The molecule has 1 saturated heterocycles. The molecule has 1 aliphatic heterocycles. The van der Waals surface area contributed by atoms with E-state index in [1.54, 1.807) is 0 Å². The molecule has 2 N–H and O–H groups in total. The molecule has 1 saturated carbocycles. The molecule has 0 bridgehead atoms. The minimum Gasteiger partial charge on any atom is -0.464 e. The second-order valence-corrected chi connectivity index (χ2v) is 5.63. The summed E-state index contributed by atoms with van der Waals surface area (Å²) in [5.74, 6) is 3.81. The molecule has 0 amide bonds. The molecule has 3 heteroatoms. The largest absolute Gasteiger partial charge is 0.464 e. The zero-order chi connectivity index (χ0) is 11.8. The van der Waals surface area contributed by atoms with E-state index >= 15 is 0 Å². The molecule has 0 aromatic carbocycles. The number of furan rings is 1. The maximum atomic E-state index is 5.95. The van der Waals surface area contributed by atoms with Crippen molar-refractivity contribution in [2.24, 2.45) is 11.7 Å². The lowest BCUT2D eigenvalue weighted by atomic mass is 10.2. The highest BCUT2D eigenvalue weighted by molar-refractivity contribution is 5.17. The average Bonchev–Trinajstić information content (AvgIpc) is 2.79. The van der Waals surface area contributed by atoms with Crippen LogP contribution in [-0.2, 0) is 6.54 Å². The first kappa shape index (κ1) is 11.3. The summed E-state index contributed by atoms with van der Waals surface area (Å²) in [5, 5.41) is 0. The van der Waals surface area contributed by atoms with E-state index in [9.17, 15) is 0 Å². The summed E-state index contributed by atoms with van der Waals surface area (Å²) >= 11 is 0. The molecule has 2 heterocycles. The van der Waals surface area contributed by atoms with Gasteiger partial charge in [0, 0.05) is 18.5 Å². The van der Waals surface area contributed by atoms with Gasteiger partial charge in [-0.2, -0.15) is 0 Å². The highest BCUT2D eigenvalue weighted by Gasteiger charge is 2.36. The Morgan fingerprint density at radius 1 is 1.47 bits per heavy atom. The van der Waals surface area contributed by atoms with Crippen LogP contribution in [-0.4, -0.2) is 24.0 Å². The van der Waals surface area contributed by atoms with Gasteiger partial charge < -0.3 is 10.2 Å². The molecule has 1 aliphatic carbocycles. The van der Waals surface area contributed by atoms with E-state index in [-0.39, 0.29) is 0 Å². The van der Waals surface area contributed by atoms with Crippen molar-refractivity contribution in [2.75, 3.05) is 13.1 Å². The first-order valence-corrected chi connectivity index (χ1v) is 6.80. The van der Waals surface area contributed by atoms with Gasteiger partial charge in [-0.25, -0.2) is 0 Å². The SMILES string of the molecule is CC1CC1c1ccc(CN2CCCC2CN)o1. The Hall–Kier alpha value is -0.800. The summed E-state index contributed by atoms with van der Waals surface area (Å²) < 4.78 is 5.95. The lowest BCUT2D eigenvalue weighted by Gasteiger charge is -2.21. The first-order valence-electron chi connectivity index (χ1n) is 6.80. The van der Waals surface area contributed by atoms with Crippen molar-refractivity contribution in [3.05, 3.63) is 23.7 Å². The van der Waals surface area contributed by atoms with Crippen LogP contribution in [0, 0.1) is 5.92 Å². The predicted molar refractivity (Wildman–Crippen MR) is 67.7 cm³/mol. The number of hydrogen-bond donors (Lipinski definition) is 1. The maximum absolute atomic E-state index is 5.95. The van der Waals surface area contributed by atoms with Gasteiger partial charge in [-0.15, -0.1) is 0 Å². The fraction of sp³-hybridized carbons (Fsp3) is 0.714. The van der Waals surface area contributed by atoms with Gasteiger partial charge in [0.2, 0.25) is 0 Å². The smallest absolute Gasteiger partial charge is 0.118 e. The topological polar surface area (TPSA) is 42.4 Å². The van der Waals surface area contributed by atoms with Gasteiger partial charge in [-0.05, 0) is 43.9 Å². The number of nitrogens with zero attached hydrogens (tertiary/aromatic N) is 1. The molecular weight excluding hydrogens is 212 g/mol. The van der Waals surface area contributed by atoms with Crippen molar-refractivity contribution in [1.29, 1.82) is 0 Å². The number of rotatable bonds is 4. The predicted octanol–water partition coefficient (Wildman–Crippen LogP) is 2.33. The third-order valence-electron chi connectivity index (χ3n) is 4.29. The molecule has 94 valence electrons. The quantitative estimate of drug-likeness (QED) is 0.869. The summed E-state index contributed by atoms with van der Waals surface area (Å²) in [6.07, 6.45) is 3.81. The Balaban J connectivity index is 1.62. The molecule has 3 atom stereocenters. The minimum absolute atomic E-state index is 0.559. The standard InChI is InChI=1S/C14H22N2O/c1-10-7-13(10)14-5-4-12(17-14)9-16-6-2-3-11(16)8-15/h4-5,10-11,13H,2-3,6-9,15H2,1H3. The van der Waals surface area contributed by atoms with Crippen LogP contribution >= 0.6 is 0 Å². The summed E-state index contributed by atoms with van der Waals surface area (Å²) in [4.78, 5) is 2.46. The van der Waals surface area contributed by atoms with Crippen LogP contribution in [0.25, 0.3) is 0 Å². The van der Waals surface area contributed by atoms with Crippen molar-refractivity contribution >= 4 is 0 Å². The van der Waals surface area contributed by atoms with Crippen LogP contribution < -0.4 is 5.73 Å². The fourth-order valence-corrected chi connectivity index (χ4v) is 2.97. The van der Waals surface area contributed by atoms with Crippen LogP contribution in [0.1, 0.15) is 43.6 Å². The van der Waals surface area contributed by atoms with Gasteiger partial charge in [-0.1, -0.05) is 6.92 Å². The van der Waals surface area contributed by atoms with Crippen LogP contribution in [0.2, 0.25) is 0 Å². The summed E-state index contributed by atoms with van der Waals surface area (Å²) in [5.41, 5.74) is 5.79. The molecule has 2 aliphatic rings. The fourth-order valence-electron chi connectivity index (χ4n) is 2.97. The number of nitrogens with two attached hydrogens (primary N) is 1. The molecule has 3 rings (SSSR count). The van der Waals surface area contributed by atoms with Crippen LogP contribution in [0.5, 0.6) is 0 Å². The molecule has 1 aromatic rings. The number of hydrogen-bond acceptors (Lipinski definition) is 3. The zero-order valence-corrected chi connectivity index (χ0v) is 10.6. The summed E-state index contributed by atoms with van der Waals surface area (Å²) in [7, 11) is 0. The molecule has 1 aromatic heterocycles. The van der Waals surface area contributed by atoms with Gasteiger partial charge in [0.05, 0.1) is 6.54 Å². The molecule has 17 heavy (non-hydrogen) atoms. The molecule has 3 unspecified atom stereocenters. The Labute approximate surface area is 103 Å². The van der Waals surface area contributed by atoms with E-state index in [0.717, 1.165) is 31.3 Å². The van der Waals surface area contributed by atoms with E-state index in [1.807, 2.05) is 0 Å². The normalized spacial score (nSPS) is 33.2. The van der Waals surface area contributed by atoms with Crippen LogP contribution in [0.4, 0.5) is 0 Å². The second-order valence-electron chi connectivity index (χ2n) is 5.63. The van der Waals surface area contributed by atoms with E-state index in [4.69, 9.17) is 10.2 Å². The third kappa shape index (κ3) is 2.26. The van der Waals surface area contributed by atoms with E-state index in [1.165, 1.54) is 25.0 Å². The Kier molecular flexibility index (Phi) is 2.97. The van der Waals surface area contributed by atoms with Gasteiger partial charge in [-0.3, -0.25) is 4.90 Å². The average molecular weight is 234 g/mol. The highest BCUT2D eigenvalue weighted by Crippen LogP contribution is 2.47. The summed E-state index contributed by atoms with van der Waals surface area (Å²) in [6.45, 7) is 5.16. The number of likely N-dealkylation sites (tertiary alicyclic amines) is 1. The second kappa shape index (κ2) is 4.46. The van der Waals surface area contributed by atoms with Crippen molar-refractivity contribution in [2.45, 2.75) is 44.7 Å². The molecule has 0 radical (unpaired) electrons. The highest BCUT2D eigenvalue weighted by atomic mass is 16.3. The van der Waals surface area contributed by atoms with Crippen molar-refractivity contribution < 1.29 is 4.42 Å². The van der Waals surface area contributed by atoms with Crippen molar-refractivity contribution in [3.8, 4) is 0 Å². The van der Waals surface area contributed by atoms with Crippen LogP contribution in [0.15, 0.2) is 16.5 Å². The zero-order valence-electron chi connectivity index (χ0n) is 10.6. The van der Waals surface area contributed by atoms with Gasteiger partial charge in [0.25, 0.3) is 0 Å². The molecular formula is C14H22N2O. The molecule has 2 fully saturated rings. The third-order valence-corrected chi connectivity index (χ3v) is 4.29.